The number of esters is 1. The Bertz CT molecular complexity index is 1090. The van der Waals surface area contributed by atoms with Crippen LogP contribution in [0.1, 0.15) is 22.8 Å². The number of anilines is 1. The topological polar surface area (TPSA) is 116 Å². The van der Waals surface area contributed by atoms with Crippen LogP contribution in [-0.2, 0) is 31.0 Å². The number of rotatable bonds is 6. The van der Waals surface area contributed by atoms with Crippen LogP contribution < -0.4 is 3.71 Å². The van der Waals surface area contributed by atoms with E-state index in [9.17, 15) is 34.8 Å². The minimum atomic E-state index is -4.62. The largest absolute Gasteiger partial charge is 0.462 e. The average Bonchev–Trinajstić information content (AvgIpc) is 2.95. The zero-order valence-corrected chi connectivity index (χ0v) is 17.0. The summed E-state index contributed by atoms with van der Waals surface area (Å²) < 4.78 is 92.6. The van der Waals surface area contributed by atoms with Crippen molar-refractivity contribution >= 4 is 31.8 Å². The van der Waals surface area contributed by atoms with Crippen LogP contribution in [0.2, 0.25) is 0 Å². The molecule has 29 heavy (non-hydrogen) atoms. The summed E-state index contributed by atoms with van der Waals surface area (Å²) in [6, 6.07) is 3.32. The van der Waals surface area contributed by atoms with Gasteiger partial charge in [0.25, 0.3) is 0 Å². The van der Waals surface area contributed by atoms with Gasteiger partial charge in [-0.2, -0.15) is 18.3 Å². The van der Waals surface area contributed by atoms with E-state index in [4.69, 9.17) is 4.74 Å². The van der Waals surface area contributed by atoms with Crippen molar-refractivity contribution in [3.05, 3.63) is 41.6 Å². The van der Waals surface area contributed by atoms with Crippen molar-refractivity contribution in [2.24, 2.45) is 0 Å². The van der Waals surface area contributed by atoms with Gasteiger partial charge in [0.1, 0.15) is 5.56 Å². The maximum atomic E-state index is 12.8. The summed E-state index contributed by atoms with van der Waals surface area (Å²) in [6.45, 7) is 1.38. The van der Waals surface area contributed by atoms with Crippen molar-refractivity contribution in [1.29, 1.82) is 0 Å². The summed E-state index contributed by atoms with van der Waals surface area (Å²) in [6.07, 6.45) is -2.57. The normalized spacial score (nSPS) is 12.6. The van der Waals surface area contributed by atoms with Crippen LogP contribution in [0, 0.1) is 0 Å². The highest BCUT2D eigenvalue weighted by molar-refractivity contribution is 8.09. The van der Waals surface area contributed by atoms with Gasteiger partial charge in [0.05, 0.1) is 36.6 Å². The van der Waals surface area contributed by atoms with Gasteiger partial charge in [-0.15, -0.1) is 3.71 Å². The van der Waals surface area contributed by atoms with Gasteiger partial charge in [0.2, 0.25) is 20.0 Å². The molecule has 0 radical (unpaired) electrons. The van der Waals surface area contributed by atoms with Gasteiger partial charge < -0.3 is 4.74 Å². The number of carbonyl (C=O) groups is 1. The molecule has 0 bridgehead atoms. The third-order valence-corrected chi connectivity index (χ3v) is 6.63. The van der Waals surface area contributed by atoms with Crippen molar-refractivity contribution in [2.45, 2.75) is 13.1 Å². The smallest absolute Gasteiger partial charge is 0.416 e. The van der Waals surface area contributed by atoms with Gasteiger partial charge in [0.15, 0.2) is 5.82 Å². The maximum Gasteiger partial charge on any atom is 0.416 e. The standard InChI is InChI=1S/C15H16F3N3O6S2/c1-4-27-14(22)12-9-19-20(11-7-5-10(6-8-11)15(16,17)18)13(12)21(28(2,23)24)29(3,25)26/h5-9H,4H2,1-3H3. The Morgan fingerprint density at radius 2 is 1.62 bits per heavy atom. The summed E-state index contributed by atoms with van der Waals surface area (Å²) in [7, 11) is -8.96. The first-order valence-electron chi connectivity index (χ1n) is 7.81. The van der Waals surface area contributed by atoms with Crippen LogP contribution in [-0.4, -0.2) is 51.7 Å². The van der Waals surface area contributed by atoms with Gasteiger partial charge >= 0.3 is 12.1 Å². The second-order valence-corrected chi connectivity index (χ2v) is 9.68. The Kier molecular flexibility index (Phi) is 5.99. The number of hydrogen-bond acceptors (Lipinski definition) is 7. The summed E-state index contributed by atoms with van der Waals surface area (Å²) in [5.41, 5.74) is -1.59. The highest BCUT2D eigenvalue weighted by Crippen LogP contribution is 2.32. The molecule has 0 spiro atoms. The number of alkyl halides is 3. The lowest BCUT2D eigenvalue weighted by molar-refractivity contribution is -0.137. The molecule has 1 heterocycles. The van der Waals surface area contributed by atoms with Crippen molar-refractivity contribution in [3.63, 3.8) is 0 Å². The van der Waals surface area contributed by atoms with E-state index < -0.39 is 49.1 Å². The molecule has 0 saturated carbocycles. The van der Waals surface area contributed by atoms with Gasteiger partial charge in [-0.1, -0.05) is 0 Å². The first kappa shape index (κ1) is 22.7. The Labute approximate surface area is 164 Å². The monoisotopic (exact) mass is 455 g/mol. The van der Waals surface area contributed by atoms with E-state index in [1.807, 2.05) is 0 Å². The van der Waals surface area contributed by atoms with Crippen LogP contribution in [0.15, 0.2) is 30.5 Å². The molecule has 0 aliphatic rings. The first-order chi connectivity index (χ1) is 13.2. The van der Waals surface area contributed by atoms with E-state index in [1.54, 1.807) is 0 Å². The molecule has 0 N–H and O–H groups in total. The second kappa shape index (κ2) is 7.67. The van der Waals surface area contributed by atoms with Gasteiger partial charge in [-0.25, -0.2) is 26.3 Å². The summed E-state index contributed by atoms with van der Waals surface area (Å²) in [5, 5.41) is 3.79. The summed E-state index contributed by atoms with van der Waals surface area (Å²) in [5.74, 6) is -1.76. The third-order valence-electron chi connectivity index (χ3n) is 3.45. The predicted molar refractivity (Wildman–Crippen MR) is 96.7 cm³/mol. The van der Waals surface area contributed by atoms with E-state index in [1.165, 1.54) is 6.92 Å². The average molecular weight is 455 g/mol. The number of halogens is 3. The summed E-state index contributed by atoms with van der Waals surface area (Å²) >= 11 is 0. The van der Waals surface area contributed by atoms with Crippen LogP contribution >= 0.6 is 0 Å². The molecular weight excluding hydrogens is 439 g/mol. The van der Waals surface area contributed by atoms with E-state index in [2.05, 4.69) is 5.10 Å². The number of hydrogen-bond donors (Lipinski definition) is 0. The van der Waals surface area contributed by atoms with E-state index in [0.29, 0.717) is 24.6 Å². The molecule has 0 amide bonds. The molecule has 0 aliphatic heterocycles. The molecular formula is C15H16F3N3O6S2. The molecule has 0 unspecified atom stereocenters. The molecule has 0 aliphatic carbocycles. The van der Waals surface area contributed by atoms with Gasteiger partial charge in [-0.05, 0) is 31.2 Å². The fourth-order valence-electron chi connectivity index (χ4n) is 2.41. The number of ether oxygens (including phenoxy) is 1. The van der Waals surface area contributed by atoms with Crippen molar-refractivity contribution < 1.29 is 39.5 Å². The second-order valence-electron chi connectivity index (χ2n) is 5.78. The number of carbonyl (C=O) groups excluding carboxylic acids is 1. The molecule has 1 aromatic heterocycles. The molecule has 0 saturated heterocycles. The lowest BCUT2D eigenvalue weighted by Gasteiger charge is -2.22. The van der Waals surface area contributed by atoms with Crippen LogP contribution in [0.3, 0.4) is 0 Å². The predicted octanol–water partition coefficient (Wildman–Crippen LogP) is 1.79. The zero-order valence-electron chi connectivity index (χ0n) is 15.3. The van der Waals surface area contributed by atoms with E-state index in [-0.39, 0.29) is 16.0 Å². The molecule has 1 aromatic carbocycles. The molecule has 14 heteroatoms. The number of sulfonamides is 2. The molecule has 2 aromatic rings. The van der Waals surface area contributed by atoms with Crippen LogP contribution in [0.5, 0.6) is 0 Å². The highest BCUT2D eigenvalue weighted by atomic mass is 32.3. The lowest BCUT2D eigenvalue weighted by Crippen LogP contribution is -2.37. The number of aromatic nitrogens is 2. The van der Waals surface area contributed by atoms with Crippen LogP contribution in [0.25, 0.3) is 5.69 Å². The SMILES string of the molecule is CCOC(=O)c1cnn(-c2ccc(C(F)(F)F)cc2)c1N(S(C)(=O)=O)S(C)(=O)=O. The Morgan fingerprint density at radius 3 is 2.03 bits per heavy atom. The summed E-state index contributed by atoms with van der Waals surface area (Å²) in [4.78, 5) is 12.2. The Hall–Kier alpha value is -2.61. The minimum absolute atomic E-state index is 0.0308. The fraction of sp³-hybridized carbons (Fsp3) is 0.333. The van der Waals surface area contributed by atoms with Gasteiger partial charge in [0, 0.05) is 0 Å². The first-order valence-corrected chi connectivity index (χ1v) is 11.5. The van der Waals surface area contributed by atoms with Crippen molar-refractivity contribution in [3.8, 4) is 5.69 Å². The van der Waals surface area contributed by atoms with Crippen LogP contribution in [0.4, 0.5) is 19.0 Å². The Balaban J connectivity index is 2.79. The van der Waals surface area contributed by atoms with E-state index in [0.717, 1.165) is 23.0 Å². The fourth-order valence-corrected chi connectivity index (χ4v) is 5.36. The number of benzene rings is 1. The molecule has 9 nitrogen and oxygen atoms in total. The molecule has 0 fully saturated rings. The maximum absolute atomic E-state index is 12.8. The van der Waals surface area contributed by atoms with E-state index >= 15 is 0 Å². The molecule has 2 rings (SSSR count). The highest BCUT2D eigenvalue weighted by Gasteiger charge is 2.36. The minimum Gasteiger partial charge on any atom is -0.462 e. The van der Waals surface area contributed by atoms with Gasteiger partial charge in [-0.3, -0.25) is 0 Å². The third kappa shape index (κ3) is 4.87. The van der Waals surface area contributed by atoms with Crippen molar-refractivity contribution in [2.75, 3.05) is 22.8 Å². The Morgan fingerprint density at radius 1 is 1.10 bits per heavy atom. The lowest BCUT2D eigenvalue weighted by atomic mass is 10.2. The molecule has 160 valence electrons. The quantitative estimate of drug-likeness (QED) is 0.610. The number of nitrogens with zero attached hydrogens (tertiary/aromatic N) is 3. The van der Waals surface area contributed by atoms with Crippen molar-refractivity contribution in [1.82, 2.24) is 9.78 Å². The zero-order chi connectivity index (χ0) is 22.2. The molecule has 0 atom stereocenters.